The number of hydrogen-bond acceptors (Lipinski definition) is 5. The number of thiazole rings is 1. The van der Waals surface area contributed by atoms with E-state index in [9.17, 15) is 9.59 Å². The minimum Gasteiger partial charge on any atom is -0.340 e. The molecule has 1 saturated heterocycles. The van der Waals surface area contributed by atoms with Gasteiger partial charge in [0.2, 0.25) is 11.8 Å². The summed E-state index contributed by atoms with van der Waals surface area (Å²) in [5.74, 6) is 0.189. The van der Waals surface area contributed by atoms with Crippen molar-refractivity contribution in [1.82, 2.24) is 14.8 Å². The summed E-state index contributed by atoms with van der Waals surface area (Å²) in [6, 6.07) is 7.84. The molecule has 4 rings (SSSR count). The third-order valence-electron chi connectivity index (χ3n) is 5.41. The van der Waals surface area contributed by atoms with E-state index in [1.54, 1.807) is 18.3 Å². The highest BCUT2D eigenvalue weighted by atomic mass is 35.5. The number of nitrogens with zero attached hydrogens (tertiary/aromatic N) is 4. The van der Waals surface area contributed by atoms with Gasteiger partial charge in [0.15, 0.2) is 5.13 Å². The molecule has 2 amide bonds. The first-order chi connectivity index (χ1) is 14.0. The summed E-state index contributed by atoms with van der Waals surface area (Å²) < 4.78 is 0. The van der Waals surface area contributed by atoms with Crippen molar-refractivity contribution in [1.29, 1.82) is 0 Å². The average Bonchev–Trinajstić information content (AvgIpc) is 3.42. The van der Waals surface area contributed by atoms with Crippen LogP contribution in [0.25, 0.3) is 0 Å². The van der Waals surface area contributed by atoms with Crippen LogP contribution in [0.1, 0.15) is 31.0 Å². The molecule has 2 aromatic rings. The molecule has 1 aliphatic heterocycles. The van der Waals surface area contributed by atoms with Crippen LogP contribution in [0.3, 0.4) is 0 Å². The summed E-state index contributed by atoms with van der Waals surface area (Å²) in [6.07, 6.45) is 2.48. The lowest BCUT2D eigenvalue weighted by Crippen LogP contribution is -2.48. The van der Waals surface area contributed by atoms with Gasteiger partial charge < -0.3 is 4.90 Å². The number of carbonyl (C=O) groups is 2. The predicted molar refractivity (Wildman–Crippen MR) is 115 cm³/mol. The van der Waals surface area contributed by atoms with Crippen LogP contribution in [-0.2, 0) is 22.6 Å². The first-order valence-electron chi connectivity index (χ1n) is 9.99. The molecule has 154 valence electrons. The molecule has 2 fully saturated rings. The Balaban J connectivity index is 1.28. The zero-order valence-electron chi connectivity index (χ0n) is 16.5. The zero-order chi connectivity index (χ0) is 20.4. The summed E-state index contributed by atoms with van der Waals surface area (Å²) in [7, 11) is 0. The van der Waals surface area contributed by atoms with E-state index in [0.717, 1.165) is 48.9 Å². The highest BCUT2D eigenvalue weighted by Crippen LogP contribution is 2.33. The van der Waals surface area contributed by atoms with Gasteiger partial charge >= 0.3 is 0 Å². The van der Waals surface area contributed by atoms with Gasteiger partial charge in [-0.2, -0.15) is 0 Å². The normalized spacial score (nSPS) is 17.4. The maximum absolute atomic E-state index is 12.6. The van der Waals surface area contributed by atoms with E-state index in [1.165, 1.54) is 0 Å². The van der Waals surface area contributed by atoms with Crippen molar-refractivity contribution in [2.45, 2.75) is 38.8 Å². The molecule has 0 bridgehead atoms. The molecule has 1 aromatic carbocycles. The summed E-state index contributed by atoms with van der Waals surface area (Å²) in [5, 5.41) is 3.50. The highest BCUT2D eigenvalue weighted by Gasteiger charge is 2.33. The van der Waals surface area contributed by atoms with Crippen molar-refractivity contribution in [3.8, 4) is 0 Å². The fourth-order valence-corrected chi connectivity index (χ4v) is 4.79. The van der Waals surface area contributed by atoms with Gasteiger partial charge in [0, 0.05) is 56.1 Å². The van der Waals surface area contributed by atoms with Crippen LogP contribution >= 0.6 is 22.9 Å². The second-order valence-corrected chi connectivity index (χ2v) is 8.91. The zero-order valence-corrected chi connectivity index (χ0v) is 18.1. The molecule has 1 saturated carbocycles. The number of rotatable bonds is 6. The molecule has 2 aliphatic rings. The van der Waals surface area contributed by atoms with Gasteiger partial charge in [-0.25, -0.2) is 4.98 Å². The first kappa shape index (κ1) is 20.3. The maximum Gasteiger partial charge on any atom is 0.227 e. The molecule has 0 radical (unpaired) electrons. The predicted octanol–water partition coefficient (Wildman–Crippen LogP) is 3.20. The molecule has 2 heterocycles. The van der Waals surface area contributed by atoms with Crippen LogP contribution < -0.4 is 4.90 Å². The molecule has 29 heavy (non-hydrogen) atoms. The number of halogens is 1. The molecule has 0 unspecified atom stereocenters. The van der Waals surface area contributed by atoms with Crippen molar-refractivity contribution in [2.24, 2.45) is 0 Å². The Hall–Kier alpha value is -1.96. The standard InChI is InChI=1S/C21H25ClN4O2S/c1-15(27)26(18-6-7-18)21-23-17(14-29-21)13-24-8-10-25(11-9-24)20(28)12-16-4-2-3-5-19(16)22/h2-5,14,18H,6-13H2,1H3. The second kappa shape index (κ2) is 8.81. The van der Waals surface area contributed by atoms with Gasteiger partial charge in [-0.05, 0) is 24.5 Å². The summed E-state index contributed by atoms with van der Waals surface area (Å²) in [5.41, 5.74) is 1.87. The molecule has 0 N–H and O–H groups in total. The molecule has 0 spiro atoms. The minimum absolute atomic E-state index is 0.0686. The van der Waals surface area contributed by atoms with Gasteiger partial charge in [0.25, 0.3) is 0 Å². The largest absolute Gasteiger partial charge is 0.340 e. The molecule has 0 atom stereocenters. The van der Waals surface area contributed by atoms with Crippen LogP contribution in [0, 0.1) is 0 Å². The average molecular weight is 433 g/mol. The third-order valence-corrected chi connectivity index (χ3v) is 6.66. The Bertz CT molecular complexity index is 890. The number of hydrogen-bond donors (Lipinski definition) is 0. The van der Waals surface area contributed by atoms with Crippen molar-refractivity contribution in [2.75, 3.05) is 31.1 Å². The van der Waals surface area contributed by atoms with Crippen LogP contribution in [0.15, 0.2) is 29.6 Å². The molecule has 1 aromatic heterocycles. The molecule has 6 nitrogen and oxygen atoms in total. The number of piperazine rings is 1. The number of carbonyl (C=O) groups excluding carboxylic acids is 2. The summed E-state index contributed by atoms with van der Waals surface area (Å²) in [4.78, 5) is 35.3. The first-order valence-corrected chi connectivity index (χ1v) is 11.2. The lowest BCUT2D eigenvalue weighted by molar-refractivity contribution is -0.132. The minimum atomic E-state index is 0.0686. The van der Waals surface area contributed by atoms with Gasteiger partial charge in [0.05, 0.1) is 12.1 Å². The van der Waals surface area contributed by atoms with Crippen LogP contribution in [-0.4, -0.2) is 58.8 Å². The topological polar surface area (TPSA) is 56.8 Å². The fourth-order valence-electron chi connectivity index (χ4n) is 3.66. The number of benzene rings is 1. The van der Waals surface area contributed by atoms with Gasteiger partial charge in [-0.3, -0.25) is 19.4 Å². The molecular formula is C21H25ClN4O2S. The molecule has 1 aliphatic carbocycles. The van der Waals surface area contributed by atoms with E-state index in [4.69, 9.17) is 16.6 Å². The SMILES string of the molecule is CC(=O)N(c1nc(CN2CCN(C(=O)Cc3ccccc3Cl)CC2)cs1)C1CC1. The van der Waals surface area contributed by atoms with E-state index in [-0.39, 0.29) is 11.8 Å². The van der Waals surface area contributed by atoms with Gasteiger partial charge in [0.1, 0.15) is 0 Å². The van der Waals surface area contributed by atoms with Crippen LogP contribution in [0.2, 0.25) is 5.02 Å². The maximum atomic E-state index is 12.6. The third kappa shape index (κ3) is 4.97. The van der Waals surface area contributed by atoms with Crippen molar-refractivity contribution in [3.63, 3.8) is 0 Å². The molecule has 8 heteroatoms. The Morgan fingerprint density at radius 2 is 1.93 bits per heavy atom. The Morgan fingerprint density at radius 1 is 1.21 bits per heavy atom. The quantitative estimate of drug-likeness (QED) is 0.703. The van der Waals surface area contributed by atoms with E-state index in [0.29, 0.717) is 30.6 Å². The summed E-state index contributed by atoms with van der Waals surface area (Å²) >= 11 is 7.72. The monoisotopic (exact) mass is 432 g/mol. The fraction of sp³-hybridized carbons (Fsp3) is 0.476. The van der Waals surface area contributed by atoms with Crippen molar-refractivity contribution >= 4 is 39.9 Å². The Labute approximate surface area is 180 Å². The van der Waals surface area contributed by atoms with Crippen LogP contribution in [0.4, 0.5) is 5.13 Å². The number of anilines is 1. The lowest BCUT2D eigenvalue weighted by Gasteiger charge is -2.34. The summed E-state index contributed by atoms with van der Waals surface area (Å²) in [6.45, 7) is 5.42. The van der Waals surface area contributed by atoms with Gasteiger partial charge in [-0.15, -0.1) is 11.3 Å². The number of aromatic nitrogens is 1. The van der Waals surface area contributed by atoms with Crippen molar-refractivity contribution < 1.29 is 9.59 Å². The highest BCUT2D eigenvalue weighted by molar-refractivity contribution is 7.14. The smallest absolute Gasteiger partial charge is 0.227 e. The molecular weight excluding hydrogens is 408 g/mol. The van der Waals surface area contributed by atoms with E-state index in [2.05, 4.69) is 4.90 Å². The number of amides is 2. The Kier molecular flexibility index (Phi) is 6.18. The Morgan fingerprint density at radius 3 is 2.59 bits per heavy atom. The van der Waals surface area contributed by atoms with E-state index in [1.807, 2.05) is 39.4 Å². The van der Waals surface area contributed by atoms with Gasteiger partial charge in [-0.1, -0.05) is 29.8 Å². The second-order valence-electron chi connectivity index (χ2n) is 7.67. The lowest BCUT2D eigenvalue weighted by atomic mass is 10.1. The van der Waals surface area contributed by atoms with Crippen molar-refractivity contribution in [3.05, 3.63) is 45.9 Å². The van der Waals surface area contributed by atoms with E-state index >= 15 is 0 Å². The van der Waals surface area contributed by atoms with E-state index < -0.39 is 0 Å². The van der Waals surface area contributed by atoms with Crippen LogP contribution in [0.5, 0.6) is 0 Å².